The molecule has 2 aromatic rings. The first-order chi connectivity index (χ1) is 16.3. The Labute approximate surface area is 199 Å². The molecule has 7 nitrogen and oxygen atoms in total. The normalized spacial score (nSPS) is 13.9. The zero-order chi connectivity index (χ0) is 24.8. The number of allylic oxidation sites excluding steroid dienone is 2. The highest BCUT2D eigenvalue weighted by atomic mass is 16.5. The van der Waals surface area contributed by atoms with E-state index in [1.165, 1.54) is 0 Å². The Balaban J connectivity index is 1.95. The van der Waals surface area contributed by atoms with Crippen LogP contribution in [0.3, 0.4) is 0 Å². The summed E-state index contributed by atoms with van der Waals surface area (Å²) in [6, 6.07) is 13.8. The van der Waals surface area contributed by atoms with Gasteiger partial charge in [-0.3, -0.25) is 0 Å². The van der Waals surface area contributed by atoms with E-state index >= 15 is 0 Å². The monoisotopic (exact) mass is 463 g/mol. The molecule has 0 saturated heterocycles. The molecule has 0 spiro atoms. The smallest absolute Gasteiger partial charge is 0.343 e. The van der Waals surface area contributed by atoms with E-state index < -0.39 is 23.8 Å². The van der Waals surface area contributed by atoms with Crippen LogP contribution in [0.2, 0.25) is 0 Å². The number of benzene rings is 2. The Kier molecular flexibility index (Phi) is 7.89. The molecule has 34 heavy (non-hydrogen) atoms. The molecule has 1 N–H and O–H groups in total. The SMILES string of the molecule is CCOC(=O)C1=C(C)NC(C)=C(C(=O)OCC)C1c1ccc(OC(=O)c2ccc(C)cc2)cc1. The summed E-state index contributed by atoms with van der Waals surface area (Å²) in [5, 5.41) is 3.11. The van der Waals surface area contributed by atoms with Crippen molar-refractivity contribution in [1.29, 1.82) is 0 Å². The van der Waals surface area contributed by atoms with Crippen molar-refractivity contribution in [3.8, 4) is 5.75 Å². The molecule has 0 unspecified atom stereocenters. The lowest BCUT2D eigenvalue weighted by Gasteiger charge is -2.30. The van der Waals surface area contributed by atoms with Gasteiger partial charge in [-0.2, -0.15) is 0 Å². The zero-order valence-corrected chi connectivity index (χ0v) is 20.1. The lowest BCUT2D eigenvalue weighted by molar-refractivity contribution is -0.139. The summed E-state index contributed by atoms with van der Waals surface area (Å²) in [5.74, 6) is -1.84. The Hall–Kier alpha value is -3.87. The van der Waals surface area contributed by atoms with Gasteiger partial charge in [-0.15, -0.1) is 0 Å². The third kappa shape index (κ3) is 5.36. The predicted octanol–water partition coefficient (Wildman–Crippen LogP) is 4.58. The van der Waals surface area contributed by atoms with Crippen LogP contribution in [0.5, 0.6) is 5.75 Å². The summed E-state index contributed by atoms with van der Waals surface area (Å²) in [5.41, 5.74) is 4.03. The number of nitrogens with one attached hydrogen (secondary N) is 1. The summed E-state index contributed by atoms with van der Waals surface area (Å²) in [4.78, 5) is 38.2. The lowest BCUT2D eigenvalue weighted by atomic mass is 9.80. The molecule has 0 amide bonds. The molecule has 1 heterocycles. The maximum atomic E-state index is 12.9. The fourth-order valence-electron chi connectivity index (χ4n) is 3.87. The molecule has 3 rings (SSSR count). The fraction of sp³-hybridized carbons (Fsp3) is 0.296. The van der Waals surface area contributed by atoms with E-state index in [1.54, 1.807) is 64.1 Å². The predicted molar refractivity (Wildman–Crippen MR) is 127 cm³/mol. The van der Waals surface area contributed by atoms with Crippen LogP contribution >= 0.6 is 0 Å². The molecule has 0 fully saturated rings. The summed E-state index contributed by atoms with van der Waals surface area (Å²) in [6.07, 6.45) is 0. The molecule has 7 heteroatoms. The van der Waals surface area contributed by atoms with E-state index in [9.17, 15) is 14.4 Å². The number of hydrogen-bond acceptors (Lipinski definition) is 7. The van der Waals surface area contributed by atoms with Crippen LogP contribution < -0.4 is 10.1 Å². The molecule has 0 bridgehead atoms. The van der Waals surface area contributed by atoms with Crippen molar-refractivity contribution in [1.82, 2.24) is 5.32 Å². The number of hydrogen-bond donors (Lipinski definition) is 1. The van der Waals surface area contributed by atoms with Gasteiger partial charge in [-0.1, -0.05) is 29.8 Å². The van der Waals surface area contributed by atoms with Crippen molar-refractivity contribution >= 4 is 17.9 Å². The van der Waals surface area contributed by atoms with Gasteiger partial charge in [-0.25, -0.2) is 14.4 Å². The van der Waals surface area contributed by atoms with Crippen molar-refractivity contribution in [2.24, 2.45) is 0 Å². The van der Waals surface area contributed by atoms with Gasteiger partial charge in [0.1, 0.15) is 5.75 Å². The molecular weight excluding hydrogens is 434 g/mol. The van der Waals surface area contributed by atoms with Gasteiger partial charge in [0, 0.05) is 11.4 Å². The quantitative estimate of drug-likeness (QED) is 0.475. The van der Waals surface area contributed by atoms with Crippen molar-refractivity contribution in [2.45, 2.75) is 40.5 Å². The first-order valence-electron chi connectivity index (χ1n) is 11.2. The topological polar surface area (TPSA) is 90.9 Å². The van der Waals surface area contributed by atoms with Gasteiger partial charge in [0.2, 0.25) is 0 Å². The Bertz CT molecular complexity index is 1100. The molecule has 178 valence electrons. The zero-order valence-electron chi connectivity index (χ0n) is 20.1. The van der Waals surface area contributed by atoms with E-state index in [0.29, 0.717) is 39.4 Å². The number of esters is 3. The minimum Gasteiger partial charge on any atom is -0.463 e. The summed E-state index contributed by atoms with van der Waals surface area (Å²) in [7, 11) is 0. The van der Waals surface area contributed by atoms with E-state index in [1.807, 2.05) is 19.1 Å². The first-order valence-corrected chi connectivity index (χ1v) is 11.2. The van der Waals surface area contributed by atoms with Crippen molar-refractivity contribution in [3.63, 3.8) is 0 Å². The average molecular weight is 464 g/mol. The van der Waals surface area contributed by atoms with Gasteiger partial charge in [-0.05, 0) is 64.4 Å². The third-order valence-corrected chi connectivity index (χ3v) is 5.46. The van der Waals surface area contributed by atoms with Crippen LogP contribution in [0.4, 0.5) is 0 Å². The third-order valence-electron chi connectivity index (χ3n) is 5.46. The highest BCUT2D eigenvalue weighted by molar-refractivity contribution is 6.00. The highest BCUT2D eigenvalue weighted by Crippen LogP contribution is 2.39. The Morgan fingerprint density at radius 1 is 0.735 bits per heavy atom. The van der Waals surface area contributed by atoms with Gasteiger partial charge in [0.15, 0.2) is 0 Å². The van der Waals surface area contributed by atoms with Crippen LogP contribution in [-0.4, -0.2) is 31.1 Å². The molecule has 2 aromatic carbocycles. The molecule has 1 aliphatic heterocycles. The van der Waals surface area contributed by atoms with Crippen molar-refractivity contribution < 1.29 is 28.6 Å². The largest absolute Gasteiger partial charge is 0.463 e. The summed E-state index contributed by atoms with van der Waals surface area (Å²) >= 11 is 0. The second kappa shape index (κ2) is 10.8. The van der Waals surface area contributed by atoms with E-state index in [0.717, 1.165) is 5.56 Å². The van der Waals surface area contributed by atoms with Crippen LogP contribution in [0, 0.1) is 6.92 Å². The van der Waals surface area contributed by atoms with Crippen LogP contribution in [-0.2, 0) is 19.1 Å². The van der Waals surface area contributed by atoms with Gasteiger partial charge in [0.25, 0.3) is 0 Å². The van der Waals surface area contributed by atoms with E-state index in [2.05, 4.69) is 5.32 Å². The molecule has 0 aliphatic carbocycles. The number of rotatable bonds is 7. The summed E-state index contributed by atoms with van der Waals surface area (Å²) in [6.45, 7) is 9.33. The summed E-state index contributed by atoms with van der Waals surface area (Å²) < 4.78 is 16.1. The van der Waals surface area contributed by atoms with Crippen LogP contribution in [0.25, 0.3) is 0 Å². The average Bonchev–Trinajstić information content (AvgIpc) is 2.79. The maximum Gasteiger partial charge on any atom is 0.343 e. The second-order valence-electron chi connectivity index (χ2n) is 7.90. The minimum absolute atomic E-state index is 0.202. The number of carbonyl (C=O) groups excluding carboxylic acids is 3. The molecule has 0 aromatic heterocycles. The second-order valence-corrected chi connectivity index (χ2v) is 7.90. The lowest BCUT2D eigenvalue weighted by Crippen LogP contribution is -2.32. The molecule has 0 saturated carbocycles. The van der Waals surface area contributed by atoms with Gasteiger partial charge >= 0.3 is 17.9 Å². The Morgan fingerprint density at radius 2 is 1.24 bits per heavy atom. The Morgan fingerprint density at radius 3 is 1.71 bits per heavy atom. The van der Waals surface area contributed by atoms with Crippen molar-refractivity contribution in [3.05, 3.63) is 87.8 Å². The van der Waals surface area contributed by atoms with Crippen molar-refractivity contribution in [2.75, 3.05) is 13.2 Å². The highest BCUT2D eigenvalue weighted by Gasteiger charge is 2.37. The number of ether oxygens (including phenoxy) is 3. The molecular formula is C27H29NO6. The van der Waals surface area contributed by atoms with Crippen LogP contribution in [0.1, 0.15) is 55.1 Å². The number of carbonyl (C=O) groups is 3. The van der Waals surface area contributed by atoms with Gasteiger partial charge < -0.3 is 19.5 Å². The molecule has 1 aliphatic rings. The number of dihydropyridines is 1. The van der Waals surface area contributed by atoms with E-state index in [-0.39, 0.29) is 13.2 Å². The molecule has 0 radical (unpaired) electrons. The maximum absolute atomic E-state index is 12.9. The minimum atomic E-state index is -0.693. The van der Waals surface area contributed by atoms with Gasteiger partial charge in [0.05, 0.1) is 35.8 Å². The first kappa shape index (κ1) is 24.8. The fourth-order valence-corrected chi connectivity index (χ4v) is 3.87. The standard InChI is InChI=1S/C27H29NO6/c1-6-32-26(30)22-17(4)28-18(5)23(27(31)33-7-2)24(22)19-12-14-21(15-13-19)34-25(29)20-10-8-16(3)9-11-20/h8-15,24,28H,6-7H2,1-5H3. The number of aryl methyl sites for hydroxylation is 1. The van der Waals surface area contributed by atoms with Crippen LogP contribution in [0.15, 0.2) is 71.1 Å². The van der Waals surface area contributed by atoms with E-state index in [4.69, 9.17) is 14.2 Å². The molecule has 0 atom stereocenters.